The Balaban J connectivity index is 2.10. The Kier molecular flexibility index (Phi) is 11.3. The van der Waals surface area contributed by atoms with Crippen LogP contribution >= 0.6 is 19.4 Å². The molecule has 1 saturated heterocycles. The van der Waals surface area contributed by atoms with Crippen LogP contribution in [0.4, 0.5) is 21.9 Å². The first-order valence-electron chi connectivity index (χ1n) is 15.4. The number of para-hydroxylation sites is 1. The minimum absolute atomic E-state index is 0.211. The summed E-state index contributed by atoms with van der Waals surface area (Å²) in [6.07, 6.45) is -0.748. The molecule has 0 unspecified atom stereocenters. The summed E-state index contributed by atoms with van der Waals surface area (Å²) in [5, 5.41) is 2.93. The van der Waals surface area contributed by atoms with E-state index in [1.807, 2.05) is 52.0 Å². The van der Waals surface area contributed by atoms with Gasteiger partial charge in [0.15, 0.2) is 0 Å². The topological polar surface area (TPSA) is 54.0 Å². The van der Waals surface area contributed by atoms with Crippen LogP contribution in [0.5, 0.6) is 0 Å². The number of carbonyl (C=O) groups excluding carboxylic acids is 1. The molecule has 6 nitrogen and oxygen atoms in total. The second kappa shape index (κ2) is 14.5. The summed E-state index contributed by atoms with van der Waals surface area (Å²) in [6.45, 7) is 22.5. The molecule has 45 heavy (non-hydrogen) atoms. The van der Waals surface area contributed by atoms with Crippen molar-refractivity contribution in [2.75, 3.05) is 34.8 Å². The van der Waals surface area contributed by atoms with Gasteiger partial charge in [-0.25, -0.2) is 0 Å². The minimum atomic E-state index is -4.18. The number of amides is 1. The summed E-state index contributed by atoms with van der Waals surface area (Å²) in [7, 11) is 15.7. The Labute approximate surface area is 279 Å². The molecule has 0 aliphatic carbocycles. The van der Waals surface area contributed by atoms with Crippen LogP contribution in [0.1, 0.15) is 66.6 Å². The molecule has 0 aromatic heterocycles. The van der Waals surface area contributed by atoms with Crippen LogP contribution in [0.2, 0.25) is 0 Å². The van der Waals surface area contributed by atoms with Gasteiger partial charge in [-0.2, -0.15) is 0 Å². The van der Waals surface area contributed by atoms with Gasteiger partial charge in [0.1, 0.15) is 0 Å². The van der Waals surface area contributed by atoms with E-state index in [2.05, 4.69) is 80.9 Å². The van der Waals surface area contributed by atoms with Crippen LogP contribution in [0.25, 0.3) is 0 Å². The van der Waals surface area contributed by atoms with Gasteiger partial charge in [-0.15, -0.1) is 0 Å². The van der Waals surface area contributed by atoms with Crippen molar-refractivity contribution in [3.05, 3.63) is 87.5 Å². The van der Waals surface area contributed by atoms with E-state index in [-0.39, 0.29) is 12.0 Å². The number of ether oxygens (including phenoxy) is 2. The number of anilines is 3. The van der Waals surface area contributed by atoms with Gasteiger partial charge in [0.25, 0.3) is 0 Å². The molecule has 1 heterocycles. The Morgan fingerprint density at radius 3 is 1.73 bits per heavy atom. The normalized spacial score (nSPS) is 14.0. The van der Waals surface area contributed by atoms with Gasteiger partial charge in [-0.05, 0) is 0 Å². The third-order valence-electron chi connectivity index (χ3n) is 7.44. The zero-order valence-corrected chi connectivity index (χ0v) is 31.4. The van der Waals surface area contributed by atoms with Crippen LogP contribution in [-0.2, 0) is 21.4 Å². The van der Waals surface area contributed by atoms with E-state index in [1.54, 1.807) is 0 Å². The molecular formula is C36H47Cl2N3O3Ru. The van der Waals surface area contributed by atoms with Crippen molar-refractivity contribution in [2.24, 2.45) is 5.92 Å². The third-order valence-corrected chi connectivity index (χ3v) is 13.9. The zero-order chi connectivity index (χ0) is 33.2. The van der Waals surface area contributed by atoms with Crippen molar-refractivity contribution in [3.8, 4) is 0 Å². The van der Waals surface area contributed by atoms with Gasteiger partial charge in [0, 0.05) is 0 Å². The summed E-state index contributed by atoms with van der Waals surface area (Å²) in [5.74, 6) is 0.211. The number of carbonyl (C=O) groups is 1. The zero-order valence-electron chi connectivity index (χ0n) is 28.1. The molecule has 9 heteroatoms. The standard InChI is InChI=1S/C21H26N2.C15H21NO3.2ClH.Ru/c1-14-9-16(3)20(17(4)10-14)22-7-8-23(13-22)21-18(5)11-15(2)12-19(21)6;1-11(2)9-19-15(17)16-14-8-6-5-7-13(14)10-18-12(3)4;;;/h9-12H,7-8H2,1-6H3;5-8,11-12H,9H2,1-4H3,(H,16,17);2*1H;/q;;;;+2/p-2. The maximum atomic E-state index is 12.8. The van der Waals surface area contributed by atoms with Crippen LogP contribution in [0, 0.1) is 47.5 Å². The monoisotopic (exact) mass is 741 g/mol. The molecule has 0 radical (unpaired) electrons. The Bertz CT molecular complexity index is 1600. The molecular weight excluding hydrogens is 694 g/mol. The Morgan fingerprint density at radius 1 is 0.822 bits per heavy atom. The number of hydrogen-bond acceptors (Lipinski definition) is 5. The molecule has 0 spiro atoms. The summed E-state index contributed by atoms with van der Waals surface area (Å²) in [6, 6.07) is 16.3. The predicted molar refractivity (Wildman–Crippen MR) is 189 cm³/mol. The number of nitrogens with one attached hydrogen (secondary N) is 1. The van der Waals surface area contributed by atoms with Gasteiger partial charge in [-0.1, -0.05) is 0 Å². The van der Waals surface area contributed by atoms with Crippen molar-refractivity contribution in [2.45, 2.75) is 75.3 Å². The number of halogens is 2. The van der Waals surface area contributed by atoms with E-state index >= 15 is 0 Å². The molecule has 1 aliphatic heterocycles. The van der Waals surface area contributed by atoms with Crippen molar-refractivity contribution >= 4 is 51.2 Å². The SMILES string of the molecule is Cc1cc(C)c(N2CCN(c3c(C)cc(C)cc3C)[C]2=[Ru]([Cl])([Cl])=[C](OC(C)C)c2ccccc2NC(=O)OCC(C)C)c(C)c1. The quantitative estimate of drug-likeness (QED) is 0.234. The van der Waals surface area contributed by atoms with Gasteiger partial charge in [0.05, 0.1) is 0 Å². The molecule has 3 aromatic carbocycles. The summed E-state index contributed by atoms with van der Waals surface area (Å²) < 4.78 is 13.4. The maximum absolute atomic E-state index is 12.8. The van der Waals surface area contributed by atoms with Crippen LogP contribution < -0.4 is 15.1 Å². The number of rotatable bonds is 8. The van der Waals surface area contributed by atoms with Crippen molar-refractivity contribution in [1.29, 1.82) is 0 Å². The second-order valence-corrected chi connectivity index (χ2v) is 21.7. The van der Waals surface area contributed by atoms with E-state index < -0.39 is 18.0 Å². The first kappa shape index (κ1) is 35.3. The van der Waals surface area contributed by atoms with Gasteiger partial charge < -0.3 is 0 Å². The Morgan fingerprint density at radius 2 is 1.29 bits per heavy atom. The average molecular weight is 742 g/mol. The summed E-state index contributed by atoms with van der Waals surface area (Å²) in [5.41, 5.74) is 10.5. The first-order valence-corrected chi connectivity index (χ1v) is 21.6. The Hall–Kier alpha value is -2.57. The number of aryl methyl sites for hydroxylation is 6. The van der Waals surface area contributed by atoms with E-state index in [0.717, 1.165) is 38.0 Å². The molecule has 1 amide bonds. The van der Waals surface area contributed by atoms with Crippen LogP contribution in [0.3, 0.4) is 0 Å². The van der Waals surface area contributed by atoms with Gasteiger partial charge in [-0.3, -0.25) is 0 Å². The number of benzene rings is 3. The van der Waals surface area contributed by atoms with Crippen molar-refractivity contribution in [3.63, 3.8) is 0 Å². The molecule has 1 fully saturated rings. The molecule has 0 saturated carbocycles. The number of hydrogen-bond donors (Lipinski definition) is 1. The molecule has 0 bridgehead atoms. The molecule has 4 rings (SSSR count). The predicted octanol–water partition coefficient (Wildman–Crippen LogP) is 9.22. The average Bonchev–Trinajstić information content (AvgIpc) is 3.34. The fourth-order valence-corrected chi connectivity index (χ4v) is 12.9. The third kappa shape index (κ3) is 7.88. The van der Waals surface area contributed by atoms with Gasteiger partial charge >= 0.3 is 281 Å². The molecule has 1 aliphatic rings. The number of nitrogens with zero attached hydrogens (tertiary/aromatic N) is 2. The molecule has 246 valence electrons. The van der Waals surface area contributed by atoms with E-state index in [4.69, 9.17) is 28.9 Å². The van der Waals surface area contributed by atoms with Crippen molar-refractivity contribution in [1.82, 2.24) is 0 Å². The molecule has 3 aromatic rings. The summed E-state index contributed by atoms with van der Waals surface area (Å²) >= 11 is -4.18. The fourth-order valence-electron chi connectivity index (χ4n) is 6.02. The fraction of sp³-hybridized carbons (Fsp3) is 0.417. The molecule has 1 N–H and O–H groups in total. The van der Waals surface area contributed by atoms with E-state index in [9.17, 15) is 4.79 Å². The molecule has 0 atom stereocenters. The first-order chi connectivity index (χ1) is 21.1. The van der Waals surface area contributed by atoms with Crippen molar-refractivity contribution < 1.29 is 26.2 Å². The van der Waals surface area contributed by atoms with E-state index in [0.29, 0.717) is 35.2 Å². The summed E-state index contributed by atoms with van der Waals surface area (Å²) in [4.78, 5) is 17.5. The van der Waals surface area contributed by atoms with Crippen LogP contribution in [0.15, 0.2) is 48.5 Å². The second-order valence-electron chi connectivity index (χ2n) is 12.6. The van der Waals surface area contributed by atoms with Crippen LogP contribution in [-0.4, -0.2) is 40.5 Å². The van der Waals surface area contributed by atoms with Gasteiger partial charge in [0.2, 0.25) is 0 Å². The van der Waals surface area contributed by atoms with E-state index in [1.165, 1.54) is 11.1 Å².